The topological polar surface area (TPSA) is 37.8 Å². The number of nitrogens with zero attached hydrogens (tertiary/aromatic N) is 2. The molecule has 0 aliphatic carbocycles. The van der Waals surface area contributed by atoms with E-state index in [2.05, 4.69) is 15.5 Å². The van der Waals surface area contributed by atoms with E-state index in [1.54, 1.807) is 0 Å². The van der Waals surface area contributed by atoms with E-state index in [0.29, 0.717) is 0 Å². The van der Waals surface area contributed by atoms with Gasteiger partial charge in [0.15, 0.2) is 0 Å². The lowest BCUT2D eigenvalue weighted by Gasteiger charge is -1.92. The van der Waals surface area contributed by atoms with E-state index in [4.69, 9.17) is 0 Å². The van der Waals surface area contributed by atoms with Gasteiger partial charge in [-0.3, -0.25) is 0 Å². The summed E-state index contributed by atoms with van der Waals surface area (Å²) in [5.74, 6) is 0. The smallest absolute Gasteiger partial charge is 0.0854 e. The summed E-state index contributed by atoms with van der Waals surface area (Å²) in [6, 6.07) is 3.90. The number of aryl methyl sites for hydroxylation is 1. The number of likely N-dealkylation sites (N-methyl/N-ethyl adjacent to an activating group) is 1. The Hall–Kier alpha value is -1.22. The first-order chi connectivity index (χ1) is 5.83. The van der Waals surface area contributed by atoms with E-state index in [-0.39, 0.29) is 0 Å². The largest absolute Gasteiger partial charge is 0.316 e. The maximum Gasteiger partial charge on any atom is 0.0854 e. The molecule has 3 nitrogen and oxygen atoms in total. The molecule has 0 aromatic carbocycles. The summed E-state index contributed by atoms with van der Waals surface area (Å²) in [4.78, 5) is 0. The summed E-state index contributed by atoms with van der Waals surface area (Å²) in [6.07, 6.45) is 3.96. The van der Waals surface area contributed by atoms with E-state index >= 15 is 0 Å². The van der Waals surface area contributed by atoms with Crippen molar-refractivity contribution in [2.75, 3.05) is 13.6 Å². The second-order valence-electron chi connectivity index (χ2n) is 2.56. The molecule has 0 fully saturated rings. The van der Waals surface area contributed by atoms with Gasteiger partial charge in [-0.2, -0.15) is 10.2 Å². The van der Waals surface area contributed by atoms with Gasteiger partial charge < -0.3 is 5.32 Å². The Morgan fingerprint density at radius 1 is 1.42 bits per heavy atom. The first-order valence-electron chi connectivity index (χ1n) is 3.94. The van der Waals surface area contributed by atoms with Crippen molar-refractivity contribution >= 4 is 6.08 Å². The Morgan fingerprint density at radius 2 is 2.25 bits per heavy atom. The zero-order valence-corrected chi connectivity index (χ0v) is 7.41. The Labute approximate surface area is 72.5 Å². The molecule has 1 heterocycles. The highest BCUT2D eigenvalue weighted by Gasteiger charge is 1.87. The third-order valence-corrected chi connectivity index (χ3v) is 1.43. The Bertz CT molecular complexity index is 251. The highest BCUT2D eigenvalue weighted by Crippen LogP contribution is 1.96. The molecular weight excluding hydrogens is 150 g/mol. The summed E-state index contributed by atoms with van der Waals surface area (Å²) >= 11 is 0. The van der Waals surface area contributed by atoms with Crippen molar-refractivity contribution in [3.8, 4) is 0 Å². The van der Waals surface area contributed by atoms with Gasteiger partial charge in [-0.15, -0.1) is 0 Å². The van der Waals surface area contributed by atoms with Crippen molar-refractivity contribution in [3.63, 3.8) is 0 Å². The van der Waals surface area contributed by atoms with Gasteiger partial charge in [0.05, 0.1) is 11.4 Å². The van der Waals surface area contributed by atoms with Crippen molar-refractivity contribution in [2.45, 2.75) is 6.92 Å². The zero-order chi connectivity index (χ0) is 8.81. The fourth-order valence-electron chi connectivity index (χ4n) is 0.796. The molecule has 0 unspecified atom stereocenters. The Balaban J connectivity index is 2.58. The minimum absolute atomic E-state index is 0.857. The fraction of sp³-hybridized carbons (Fsp3) is 0.333. The van der Waals surface area contributed by atoms with Gasteiger partial charge in [0.25, 0.3) is 0 Å². The molecular formula is C9H13N3. The summed E-state index contributed by atoms with van der Waals surface area (Å²) in [5.41, 5.74) is 1.84. The van der Waals surface area contributed by atoms with Gasteiger partial charge in [0.2, 0.25) is 0 Å². The maximum atomic E-state index is 3.99. The lowest BCUT2D eigenvalue weighted by Crippen LogP contribution is -2.03. The van der Waals surface area contributed by atoms with E-state index in [1.165, 1.54) is 0 Å². The molecule has 12 heavy (non-hydrogen) atoms. The van der Waals surface area contributed by atoms with Crippen molar-refractivity contribution in [2.24, 2.45) is 0 Å². The quantitative estimate of drug-likeness (QED) is 0.723. The fourth-order valence-corrected chi connectivity index (χ4v) is 0.796. The summed E-state index contributed by atoms with van der Waals surface area (Å²) in [5, 5.41) is 10.9. The van der Waals surface area contributed by atoms with Gasteiger partial charge in [-0.1, -0.05) is 6.08 Å². The third kappa shape index (κ3) is 2.80. The first-order valence-corrected chi connectivity index (χ1v) is 3.94. The van der Waals surface area contributed by atoms with Gasteiger partial charge in [-0.25, -0.2) is 0 Å². The molecule has 1 N–H and O–H groups in total. The summed E-state index contributed by atoms with van der Waals surface area (Å²) < 4.78 is 0. The van der Waals surface area contributed by atoms with Gasteiger partial charge in [0, 0.05) is 6.54 Å². The average Bonchev–Trinajstić information content (AvgIpc) is 2.09. The Morgan fingerprint density at radius 3 is 2.83 bits per heavy atom. The molecule has 64 valence electrons. The van der Waals surface area contributed by atoms with E-state index < -0.39 is 0 Å². The summed E-state index contributed by atoms with van der Waals surface area (Å²) in [7, 11) is 1.91. The lowest BCUT2D eigenvalue weighted by molar-refractivity contribution is 0.920. The van der Waals surface area contributed by atoms with Crippen molar-refractivity contribution in [3.05, 3.63) is 29.6 Å². The number of aromatic nitrogens is 2. The van der Waals surface area contributed by atoms with Gasteiger partial charge >= 0.3 is 0 Å². The highest BCUT2D eigenvalue weighted by atomic mass is 15.1. The van der Waals surface area contributed by atoms with Crippen molar-refractivity contribution in [1.29, 1.82) is 0 Å². The first kappa shape index (κ1) is 8.87. The van der Waals surface area contributed by atoms with Crippen molar-refractivity contribution < 1.29 is 0 Å². The van der Waals surface area contributed by atoms with Crippen LogP contribution in [0.25, 0.3) is 6.08 Å². The number of hydrogen-bond donors (Lipinski definition) is 1. The molecule has 0 radical (unpaired) electrons. The normalized spacial score (nSPS) is 10.8. The predicted molar refractivity (Wildman–Crippen MR) is 49.7 cm³/mol. The van der Waals surface area contributed by atoms with E-state index in [0.717, 1.165) is 17.9 Å². The van der Waals surface area contributed by atoms with E-state index in [9.17, 15) is 0 Å². The highest BCUT2D eigenvalue weighted by molar-refractivity contribution is 5.43. The zero-order valence-electron chi connectivity index (χ0n) is 7.41. The van der Waals surface area contributed by atoms with Crippen LogP contribution in [0.3, 0.4) is 0 Å². The standard InChI is InChI=1S/C9H13N3/c1-8-5-6-9(12-11-8)4-3-7-10-2/h3-6,10H,7H2,1-2H3. The molecule has 0 atom stereocenters. The van der Waals surface area contributed by atoms with Crippen LogP contribution in [-0.2, 0) is 0 Å². The molecule has 1 aromatic rings. The minimum Gasteiger partial charge on any atom is -0.316 e. The molecule has 0 aliphatic heterocycles. The van der Waals surface area contributed by atoms with Crippen LogP contribution in [0.5, 0.6) is 0 Å². The second kappa shape index (κ2) is 4.62. The van der Waals surface area contributed by atoms with Crippen LogP contribution in [0.15, 0.2) is 18.2 Å². The van der Waals surface area contributed by atoms with Crippen LogP contribution in [0.1, 0.15) is 11.4 Å². The van der Waals surface area contributed by atoms with Gasteiger partial charge in [-0.05, 0) is 32.2 Å². The minimum atomic E-state index is 0.857. The molecule has 3 heteroatoms. The summed E-state index contributed by atoms with van der Waals surface area (Å²) in [6.45, 7) is 2.78. The van der Waals surface area contributed by atoms with E-state index in [1.807, 2.05) is 38.3 Å². The molecule has 1 aromatic heterocycles. The third-order valence-electron chi connectivity index (χ3n) is 1.43. The molecule has 0 saturated carbocycles. The molecule has 0 saturated heterocycles. The van der Waals surface area contributed by atoms with Crippen LogP contribution in [0.4, 0.5) is 0 Å². The van der Waals surface area contributed by atoms with Crippen LogP contribution in [0, 0.1) is 6.92 Å². The SMILES string of the molecule is CNCC=Cc1ccc(C)nn1. The average molecular weight is 163 g/mol. The van der Waals surface area contributed by atoms with Crippen LogP contribution < -0.4 is 5.32 Å². The lowest BCUT2D eigenvalue weighted by atomic mass is 10.3. The molecule has 1 rings (SSSR count). The number of rotatable bonds is 3. The van der Waals surface area contributed by atoms with Crippen molar-refractivity contribution in [1.82, 2.24) is 15.5 Å². The van der Waals surface area contributed by atoms with Gasteiger partial charge in [0.1, 0.15) is 0 Å². The predicted octanol–water partition coefficient (Wildman–Crippen LogP) is 1.02. The van der Waals surface area contributed by atoms with Crippen LogP contribution in [0.2, 0.25) is 0 Å². The molecule has 0 spiro atoms. The Kier molecular flexibility index (Phi) is 3.41. The van der Waals surface area contributed by atoms with Crippen LogP contribution >= 0.6 is 0 Å². The monoisotopic (exact) mass is 163 g/mol. The maximum absolute atomic E-state index is 3.99. The molecule has 0 bridgehead atoms. The molecule has 0 amide bonds. The number of hydrogen-bond acceptors (Lipinski definition) is 3. The molecule has 0 aliphatic rings. The van der Waals surface area contributed by atoms with Crippen LogP contribution in [-0.4, -0.2) is 23.8 Å². The second-order valence-corrected chi connectivity index (χ2v) is 2.56. The number of nitrogens with one attached hydrogen (secondary N) is 1.